The standard InChI is InChI=1S/C16H16ClNO3/c1-3-21-15-6-4-10(8-13(15)18)16(19)12-9-11(17)5-7-14(12)20-2/h4-9H,3,18H2,1-2H3. The lowest BCUT2D eigenvalue weighted by atomic mass is 10.0. The molecule has 4 nitrogen and oxygen atoms in total. The predicted molar refractivity (Wildman–Crippen MR) is 83.5 cm³/mol. The smallest absolute Gasteiger partial charge is 0.196 e. The van der Waals surface area contributed by atoms with E-state index in [2.05, 4.69) is 0 Å². The summed E-state index contributed by atoms with van der Waals surface area (Å²) in [6.07, 6.45) is 0. The molecule has 0 aliphatic heterocycles. The molecule has 0 spiro atoms. The van der Waals surface area contributed by atoms with E-state index >= 15 is 0 Å². The summed E-state index contributed by atoms with van der Waals surface area (Å²) in [6.45, 7) is 2.38. The van der Waals surface area contributed by atoms with E-state index in [0.717, 1.165) is 0 Å². The van der Waals surface area contributed by atoms with E-state index in [0.29, 0.717) is 39.9 Å². The number of nitrogen functional groups attached to an aromatic ring is 1. The fraction of sp³-hybridized carbons (Fsp3) is 0.188. The molecule has 2 aromatic rings. The molecule has 0 heterocycles. The minimum atomic E-state index is -0.205. The molecule has 0 saturated heterocycles. The molecule has 5 heteroatoms. The van der Waals surface area contributed by atoms with Gasteiger partial charge in [0.1, 0.15) is 11.5 Å². The van der Waals surface area contributed by atoms with E-state index in [1.54, 1.807) is 36.4 Å². The number of ether oxygens (including phenoxy) is 2. The largest absolute Gasteiger partial charge is 0.496 e. The fourth-order valence-electron chi connectivity index (χ4n) is 1.99. The van der Waals surface area contributed by atoms with E-state index in [1.165, 1.54) is 7.11 Å². The minimum Gasteiger partial charge on any atom is -0.496 e. The molecule has 0 fully saturated rings. The average Bonchev–Trinajstić information content (AvgIpc) is 2.48. The van der Waals surface area contributed by atoms with E-state index in [9.17, 15) is 4.79 Å². The van der Waals surface area contributed by atoms with Crippen LogP contribution in [-0.2, 0) is 0 Å². The Bertz CT molecular complexity index is 671. The number of benzene rings is 2. The molecule has 0 aliphatic carbocycles. The highest BCUT2D eigenvalue weighted by atomic mass is 35.5. The SMILES string of the molecule is CCOc1ccc(C(=O)c2cc(Cl)ccc2OC)cc1N. The summed E-state index contributed by atoms with van der Waals surface area (Å²) in [4.78, 5) is 12.6. The van der Waals surface area contributed by atoms with Crippen molar-refractivity contribution in [1.29, 1.82) is 0 Å². The zero-order chi connectivity index (χ0) is 15.4. The summed E-state index contributed by atoms with van der Waals surface area (Å²) < 4.78 is 10.6. The summed E-state index contributed by atoms with van der Waals surface area (Å²) in [5, 5.41) is 0.470. The second-order valence-electron chi connectivity index (χ2n) is 4.36. The number of nitrogens with two attached hydrogens (primary N) is 1. The van der Waals surface area contributed by atoms with Crippen LogP contribution in [0.5, 0.6) is 11.5 Å². The quantitative estimate of drug-likeness (QED) is 0.677. The summed E-state index contributed by atoms with van der Waals surface area (Å²) in [6, 6.07) is 9.85. The van der Waals surface area contributed by atoms with Gasteiger partial charge in [-0.25, -0.2) is 0 Å². The van der Waals surface area contributed by atoms with Crippen molar-refractivity contribution in [3.05, 3.63) is 52.5 Å². The van der Waals surface area contributed by atoms with Crippen LogP contribution in [0.2, 0.25) is 5.02 Å². The van der Waals surface area contributed by atoms with Crippen LogP contribution in [0, 0.1) is 0 Å². The lowest BCUT2D eigenvalue weighted by molar-refractivity contribution is 0.103. The number of halogens is 1. The number of hydrogen-bond acceptors (Lipinski definition) is 4. The van der Waals surface area contributed by atoms with Crippen molar-refractivity contribution in [1.82, 2.24) is 0 Å². The van der Waals surface area contributed by atoms with Gasteiger partial charge >= 0.3 is 0 Å². The Morgan fingerprint density at radius 2 is 1.90 bits per heavy atom. The summed E-state index contributed by atoms with van der Waals surface area (Å²) in [7, 11) is 1.51. The van der Waals surface area contributed by atoms with Gasteiger partial charge < -0.3 is 15.2 Å². The van der Waals surface area contributed by atoms with Crippen molar-refractivity contribution in [2.45, 2.75) is 6.92 Å². The van der Waals surface area contributed by atoms with Gasteiger partial charge in [0.25, 0.3) is 0 Å². The summed E-state index contributed by atoms with van der Waals surface area (Å²) in [5.74, 6) is 0.827. The summed E-state index contributed by atoms with van der Waals surface area (Å²) in [5.41, 5.74) is 7.16. The first-order chi connectivity index (χ1) is 10.1. The Balaban J connectivity index is 2.40. The molecule has 0 radical (unpaired) electrons. The molecular weight excluding hydrogens is 290 g/mol. The van der Waals surface area contributed by atoms with Crippen molar-refractivity contribution in [2.75, 3.05) is 19.5 Å². The zero-order valence-electron chi connectivity index (χ0n) is 11.9. The number of anilines is 1. The number of methoxy groups -OCH3 is 1. The number of hydrogen-bond donors (Lipinski definition) is 1. The molecule has 2 rings (SSSR count). The molecule has 0 atom stereocenters. The van der Waals surface area contributed by atoms with Crippen LogP contribution in [0.1, 0.15) is 22.8 Å². The van der Waals surface area contributed by atoms with E-state index in [1.807, 2.05) is 6.92 Å². The molecule has 0 amide bonds. The monoisotopic (exact) mass is 305 g/mol. The third-order valence-electron chi connectivity index (χ3n) is 2.98. The minimum absolute atomic E-state index is 0.205. The second kappa shape index (κ2) is 6.50. The van der Waals surface area contributed by atoms with Crippen molar-refractivity contribution in [2.24, 2.45) is 0 Å². The Morgan fingerprint density at radius 1 is 1.19 bits per heavy atom. The molecule has 0 unspecified atom stereocenters. The first-order valence-electron chi connectivity index (χ1n) is 6.47. The second-order valence-corrected chi connectivity index (χ2v) is 4.80. The third kappa shape index (κ3) is 3.28. The number of carbonyl (C=O) groups is 1. The summed E-state index contributed by atoms with van der Waals surface area (Å²) >= 11 is 5.95. The third-order valence-corrected chi connectivity index (χ3v) is 3.21. The van der Waals surface area contributed by atoms with E-state index < -0.39 is 0 Å². The van der Waals surface area contributed by atoms with Gasteiger partial charge in [-0.3, -0.25) is 4.79 Å². The Kier molecular flexibility index (Phi) is 4.70. The highest BCUT2D eigenvalue weighted by molar-refractivity contribution is 6.31. The van der Waals surface area contributed by atoms with Gasteiger partial charge in [0, 0.05) is 10.6 Å². The van der Waals surface area contributed by atoms with Crippen LogP contribution < -0.4 is 15.2 Å². The van der Waals surface area contributed by atoms with Crippen LogP contribution in [-0.4, -0.2) is 19.5 Å². The first-order valence-corrected chi connectivity index (χ1v) is 6.85. The molecule has 0 saturated carbocycles. The topological polar surface area (TPSA) is 61.5 Å². The Morgan fingerprint density at radius 3 is 2.52 bits per heavy atom. The van der Waals surface area contributed by atoms with Gasteiger partial charge in [-0.2, -0.15) is 0 Å². The van der Waals surface area contributed by atoms with Gasteiger partial charge in [0.05, 0.1) is 25.0 Å². The highest BCUT2D eigenvalue weighted by Gasteiger charge is 2.16. The van der Waals surface area contributed by atoms with Crippen molar-refractivity contribution >= 4 is 23.1 Å². The molecule has 0 aliphatic rings. The van der Waals surface area contributed by atoms with E-state index in [-0.39, 0.29) is 5.78 Å². The number of rotatable bonds is 5. The maximum absolute atomic E-state index is 12.6. The van der Waals surface area contributed by atoms with Gasteiger partial charge in [-0.05, 0) is 43.3 Å². The molecule has 2 aromatic carbocycles. The normalized spacial score (nSPS) is 10.2. The molecular formula is C16H16ClNO3. The molecule has 0 aromatic heterocycles. The molecule has 110 valence electrons. The number of carbonyl (C=O) groups excluding carboxylic acids is 1. The van der Waals surface area contributed by atoms with Gasteiger partial charge in [0.2, 0.25) is 0 Å². The predicted octanol–water partition coefficient (Wildman–Crippen LogP) is 3.56. The van der Waals surface area contributed by atoms with Crippen LogP contribution in [0.15, 0.2) is 36.4 Å². The maximum Gasteiger partial charge on any atom is 0.196 e. The van der Waals surface area contributed by atoms with Crippen molar-refractivity contribution < 1.29 is 14.3 Å². The lowest BCUT2D eigenvalue weighted by Gasteiger charge is -2.10. The Hall–Kier alpha value is -2.20. The van der Waals surface area contributed by atoms with Crippen molar-refractivity contribution in [3.8, 4) is 11.5 Å². The van der Waals surface area contributed by atoms with Crippen LogP contribution in [0.4, 0.5) is 5.69 Å². The molecule has 0 bridgehead atoms. The lowest BCUT2D eigenvalue weighted by Crippen LogP contribution is -2.06. The molecule has 21 heavy (non-hydrogen) atoms. The van der Waals surface area contributed by atoms with Gasteiger partial charge in [-0.15, -0.1) is 0 Å². The first kappa shape index (κ1) is 15.2. The average molecular weight is 306 g/mol. The van der Waals surface area contributed by atoms with E-state index in [4.69, 9.17) is 26.8 Å². The van der Waals surface area contributed by atoms with Gasteiger partial charge in [0.15, 0.2) is 5.78 Å². The van der Waals surface area contributed by atoms with Crippen molar-refractivity contribution in [3.63, 3.8) is 0 Å². The highest BCUT2D eigenvalue weighted by Crippen LogP contribution is 2.28. The fourth-order valence-corrected chi connectivity index (χ4v) is 2.16. The van der Waals surface area contributed by atoms with Crippen LogP contribution in [0.25, 0.3) is 0 Å². The Labute approximate surface area is 128 Å². The van der Waals surface area contributed by atoms with Crippen LogP contribution >= 0.6 is 11.6 Å². The number of ketones is 1. The molecule has 2 N–H and O–H groups in total. The van der Waals surface area contributed by atoms with Gasteiger partial charge in [-0.1, -0.05) is 11.6 Å². The van der Waals surface area contributed by atoms with Crippen LogP contribution in [0.3, 0.4) is 0 Å². The zero-order valence-corrected chi connectivity index (χ0v) is 12.6. The maximum atomic E-state index is 12.6.